The number of carbonyl (C=O) groups is 1. The van der Waals surface area contributed by atoms with Gasteiger partial charge in [-0.05, 0) is 25.0 Å². The van der Waals surface area contributed by atoms with Crippen molar-refractivity contribution in [1.29, 1.82) is 0 Å². The molecule has 0 saturated carbocycles. The van der Waals surface area contributed by atoms with Crippen molar-refractivity contribution in [2.45, 2.75) is 19.3 Å². The molecule has 1 aromatic carbocycles. The summed E-state index contributed by atoms with van der Waals surface area (Å²) < 4.78 is 0. The standard InChI is InChI=1S/C14H14N2O/c17-14-6-1-2-9-16(14)13-5-3-4-11-10-15-8-7-12(11)13/h3-5,7-8,10H,1-2,6,9H2. The van der Waals surface area contributed by atoms with Gasteiger partial charge in [0.05, 0.1) is 5.69 Å². The molecule has 1 fully saturated rings. The lowest BCUT2D eigenvalue weighted by Gasteiger charge is -2.27. The molecule has 3 rings (SSSR count). The molecule has 86 valence electrons. The van der Waals surface area contributed by atoms with E-state index in [4.69, 9.17) is 0 Å². The molecule has 0 atom stereocenters. The Hall–Kier alpha value is -1.90. The lowest BCUT2D eigenvalue weighted by atomic mass is 10.1. The van der Waals surface area contributed by atoms with Crippen LogP contribution in [-0.2, 0) is 4.79 Å². The molecule has 2 heterocycles. The van der Waals surface area contributed by atoms with Gasteiger partial charge in [-0.15, -0.1) is 0 Å². The van der Waals surface area contributed by atoms with Gasteiger partial charge in [0.2, 0.25) is 5.91 Å². The fourth-order valence-corrected chi connectivity index (χ4v) is 2.40. The molecule has 17 heavy (non-hydrogen) atoms. The van der Waals surface area contributed by atoms with Gasteiger partial charge in [-0.25, -0.2) is 0 Å². The van der Waals surface area contributed by atoms with Crippen molar-refractivity contribution in [2.24, 2.45) is 0 Å². The number of pyridine rings is 1. The first-order chi connectivity index (χ1) is 8.36. The topological polar surface area (TPSA) is 33.2 Å². The number of piperidine rings is 1. The summed E-state index contributed by atoms with van der Waals surface area (Å²) in [4.78, 5) is 18.0. The highest BCUT2D eigenvalue weighted by Crippen LogP contribution is 2.28. The highest BCUT2D eigenvalue weighted by molar-refractivity contribution is 6.03. The number of carbonyl (C=O) groups excluding carboxylic acids is 1. The Kier molecular flexibility index (Phi) is 2.52. The smallest absolute Gasteiger partial charge is 0.226 e. The van der Waals surface area contributed by atoms with Crippen LogP contribution in [0, 0.1) is 0 Å². The average molecular weight is 226 g/mol. The van der Waals surface area contributed by atoms with E-state index in [0.717, 1.165) is 35.8 Å². The second kappa shape index (κ2) is 4.17. The zero-order chi connectivity index (χ0) is 11.7. The molecule has 2 aromatic rings. The Bertz CT molecular complexity index is 560. The Morgan fingerprint density at radius 3 is 3.00 bits per heavy atom. The van der Waals surface area contributed by atoms with Crippen LogP contribution in [-0.4, -0.2) is 17.4 Å². The molecule has 0 radical (unpaired) electrons. The number of nitrogens with zero attached hydrogens (tertiary/aromatic N) is 2. The maximum atomic E-state index is 11.9. The molecular formula is C14H14N2O. The van der Waals surface area contributed by atoms with Gasteiger partial charge in [0, 0.05) is 36.1 Å². The third-order valence-corrected chi connectivity index (χ3v) is 3.27. The number of anilines is 1. The van der Waals surface area contributed by atoms with Crippen LogP contribution >= 0.6 is 0 Å². The maximum Gasteiger partial charge on any atom is 0.226 e. The van der Waals surface area contributed by atoms with Crippen LogP contribution in [0.4, 0.5) is 5.69 Å². The van der Waals surface area contributed by atoms with E-state index < -0.39 is 0 Å². The number of benzene rings is 1. The summed E-state index contributed by atoms with van der Waals surface area (Å²) in [6, 6.07) is 8.01. The van der Waals surface area contributed by atoms with Crippen molar-refractivity contribution >= 4 is 22.4 Å². The molecule has 3 heteroatoms. The van der Waals surface area contributed by atoms with Crippen LogP contribution in [0.2, 0.25) is 0 Å². The van der Waals surface area contributed by atoms with E-state index in [1.165, 1.54) is 0 Å². The number of aromatic nitrogens is 1. The first kappa shape index (κ1) is 10.3. The lowest BCUT2D eigenvalue weighted by molar-refractivity contribution is -0.119. The minimum Gasteiger partial charge on any atom is -0.312 e. The van der Waals surface area contributed by atoms with Gasteiger partial charge in [-0.3, -0.25) is 9.78 Å². The monoisotopic (exact) mass is 226 g/mol. The Morgan fingerprint density at radius 2 is 2.12 bits per heavy atom. The fraction of sp³-hybridized carbons (Fsp3) is 0.286. The Labute approximate surface area is 100 Å². The fourth-order valence-electron chi connectivity index (χ4n) is 2.40. The summed E-state index contributed by atoms with van der Waals surface area (Å²) >= 11 is 0. The molecule has 1 saturated heterocycles. The molecule has 1 aliphatic rings. The van der Waals surface area contributed by atoms with Gasteiger partial charge >= 0.3 is 0 Å². The molecule has 1 aromatic heterocycles. The van der Waals surface area contributed by atoms with Crippen LogP contribution in [0.15, 0.2) is 36.7 Å². The van der Waals surface area contributed by atoms with Gasteiger partial charge < -0.3 is 4.90 Å². The third-order valence-electron chi connectivity index (χ3n) is 3.27. The van der Waals surface area contributed by atoms with Gasteiger partial charge in [0.15, 0.2) is 0 Å². The number of hydrogen-bond acceptors (Lipinski definition) is 2. The van der Waals surface area contributed by atoms with E-state index in [0.29, 0.717) is 6.42 Å². The van der Waals surface area contributed by atoms with Crippen molar-refractivity contribution in [2.75, 3.05) is 11.4 Å². The van der Waals surface area contributed by atoms with Crippen LogP contribution in [0.3, 0.4) is 0 Å². The Balaban J connectivity index is 2.13. The third kappa shape index (κ3) is 1.78. The quantitative estimate of drug-likeness (QED) is 0.749. The van der Waals surface area contributed by atoms with Crippen LogP contribution in [0.1, 0.15) is 19.3 Å². The van der Waals surface area contributed by atoms with Crippen LogP contribution in [0.5, 0.6) is 0 Å². The molecular weight excluding hydrogens is 212 g/mol. The van der Waals surface area contributed by atoms with Crippen molar-refractivity contribution in [1.82, 2.24) is 4.98 Å². The minimum absolute atomic E-state index is 0.237. The summed E-state index contributed by atoms with van der Waals surface area (Å²) in [5.41, 5.74) is 1.02. The average Bonchev–Trinajstić information content (AvgIpc) is 2.39. The zero-order valence-electron chi connectivity index (χ0n) is 9.60. The van der Waals surface area contributed by atoms with Crippen molar-refractivity contribution in [3.05, 3.63) is 36.7 Å². The van der Waals surface area contributed by atoms with Gasteiger partial charge in [-0.1, -0.05) is 12.1 Å². The van der Waals surface area contributed by atoms with E-state index in [9.17, 15) is 4.79 Å². The van der Waals surface area contributed by atoms with E-state index in [2.05, 4.69) is 4.98 Å². The highest BCUT2D eigenvalue weighted by Gasteiger charge is 2.20. The molecule has 0 unspecified atom stereocenters. The molecule has 0 N–H and O–H groups in total. The predicted octanol–water partition coefficient (Wildman–Crippen LogP) is 2.75. The molecule has 0 bridgehead atoms. The van der Waals surface area contributed by atoms with E-state index in [1.54, 1.807) is 6.20 Å². The first-order valence-electron chi connectivity index (χ1n) is 5.99. The minimum atomic E-state index is 0.237. The van der Waals surface area contributed by atoms with Gasteiger partial charge in [0.25, 0.3) is 0 Å². The molecule has 1 aliphatic heterocycles. The SMILES string of the molecule is O=C1CCCCN1c1cccc2cnccc12. The summed E-state index contributed by atoms with van der Waals surface area (Å²) in [5, 5.41) is 2.20. The molecule has 3 nitrogen and oxygen atoms in total. The van der Waals surface area contributed by atoms with E-state index in [1.807, 2.05) is 35.4 Å². The second-order valence-electron chi connectivity index (χ2n) is 4.38. The Morgan fingerprint density at radius 1 is 1.18 bits per heavy atom. The summed E-state index contributed by atoms with van der Waals surface area (Å²) in [6.45, 7) is 0.834. The number of amides is 1. The maximum absolute atomic E-state index is 11.9. The van der Waals surface area contributed by atoms with E-state index >= 15 is 0 Å². The lowest BCUT2D eigenvalue weighted by Crippen LogP contribution is -2.35. The van der Waals surface area contributed by atoms with Crippen molar-refractivity contribution in [3.63, 3.8) is 0 Å². The van der Waals surface area contributed by atoms with E-state index in [-0.39, 0.29) is 5.91 Å². The van der Waals surface area contributed by atoms with Crippen LogP contribution in [0.25, 0.3) is 10.8 Å². The number of fused-ring (bicyclic) bond motifs is 1. The van der Waals surface area contributed by atoms with Crippen molar-refractivity contribution < 1.29 is 4.79 Å². The summed E-state index contributed by atoms with van der Waals surface area (Å²) in [6.07, 6.45) is 6.39. The predicted molar refractivity (Wildman–Crippen MR) is 67.9 cm³/mol. The molecule has 1 amide bonds. The number of rotatable bonds is 1. The second-order valence-corrected chi connectivity index (χ2v) is 4.38. The largest absolute Gasteiger partial charge is 0.312 e. The number of hydrogen-bond donors (Lipinski definition) is 0. The summed E-state index contributed by atoms with van der Waals surface area (Å²) in [7, 11) is 0. The molecule has 0 aliphatic carbocycles. The zero-order valence-corrected chi connectivity index (χ0v) is 9.60. The highest BCUT2D eigenvalue weighted by atomic mass is 16.2. The normalized spacial score (nSPS) is 16.5. The summed E-state index contributed by atoms with van der Waals surface area (Å²) in [5.74, 6) is 0.237. The first-order valence-corrected chi connectivity index (χ1v) is 5.99. The molecule has 0 spiro atoms. The van der Waals surface area contributed by atoms with Gasteiger partial charge in [0.1, 0.15) is 0 Å². The van der Waals surface area contributed by atoms with Gasteiger partial charge in [-0.2, -0.15) is 0 Å². The van der Waals surface area contributed by atoms with Crippen LogP contribution < -0.4 is 4.90 Å². The van der Waals surface area contributed by atoms with Crippen molar-refractivity contribution in [3.8, 4) is 0 Å².